The zero-order valence-electron chi connectivity index (χ0n) is 43.7. The summed E-state index contributed by atoms with van der Waals surface area (Å²) in [6.45, 7) is 2.86. The number of phenolic OH excluding ortho intramolecular Hbond substituents is 1. The largest absolute Gasteiger partial charge is 0.502 e. The van der Waals surface area contributed by atoms with Gasteiger partial charge in [-0.2, -0.15) is 0 Å². The first-order valence-corrected chi connectivity index (χ1v) is 27.8. The summed E-state index contributed by atoms with van der Waals surface area (Å²) in [5.41, 5.74) is 8.00. The molecule has 8 unspecified atom stereocenters. The maximum Gasteiger partial charge on any atom is 0.254 e. The molecule has 0 radical (unpaired) electrons. The molecule has 14 nitrogen and oxygen atoms in total. The highest BCUT2D eigenvalue weighted by Crippen LogP contribution is 2.72. The number of amides is 2. The van der Waals surface area contributed by atoms with E-state index in [0.29, 0.717) is 59.0 Å². The van der Waals surface area contributed by atoms with Gasteiger partial charge >= 0.3 is 0 Å². The van der Waals surface area contributed by atoms with Crippen molar-refractivity contribution in [3.63, 3.8) is 0 Å². The van der Waals surface area contributed by atoms with Gasteiger partial charge in [-0.25, -0.2) is 0 Å². The third-order valence-electron chi connectivity index (χ3n) is 19.7. The van der Waals surface area contributed by atoms with E-state index in [1.165, 1.54) is 24.8 Å². The third-order valence-corrected chi connectivity index (χ3v) is 19.7. The topological polar surface area (TPSA) is 189 Å². The number of carbonyl (C=O) groups is 2. The van der Waals surface area contributed by atoms with Gasteiger partial charge in [-0.15, -0.1) is 0 Å². The summed E-state index contributed by atoms with van der Waals surface area (Å²) in [6, 6.07) is 13.6. The van der Waals surface area contributed by atoms with Crippen LogP contribution < -0.4 is 34.3 Å². The Labute approximate surface area is 443 Å². The van der Waals surface area contributed by atoms with Gasteiger partial charge < -0.3 is 49.4 Å². The van der Waals surface area contributed by atoms with Crippen LogP contribution in [0, 0.1) is 29.1 Å². The van der Waals surface area contributed by atoms with E-state index >= 15 is 0 Å². The predicted octanol–water partition coefficient (Wildman–Crippen LogP) is 9.17. The van der Waals surface area contributed by atoms with Crippen molar-refractivity contribution in [2.45, 2.75) is 113 Å². The number of carbonyl (C=O) groups excluding carboxylic acids is 2. The molecule has 3 heterocycles. The van der Waals surface area contributed by atoms with Crippen LogP contribution >= 0.6 is 0 Å². The summed E-state index contributed by atoms with van der Waals surface area (Å²) in [4.78, 5) is 29.9. The van der Waals surface area contributed by atoms with Gasteiger partial charge in [0.25, 0.3) is 11.8 Å². The van der Waals surface area contributed by atoms with Crippen LogP contribution in [0.4, 0.5) is 5.69 Å². The first kappa shape index (κ1) is 49.3. The van der Waals surface area contributed by atoms with Crippen molar-refractivity contribution in [1.29, 1.82) is 0 Å². The molecule has 4 aromatic carbocycles. The molecule has 0 saturated heterocycles. The Balaban J connectivity index is 0.881. The van der Waals surface area contributed by atoms with Crippen molar-refractivity contribution in [3.05, 3.63) is 111 Å². The number of rotatable bonds is 14. The highest BCUT2D eigenvalue weighted by atomic mass is 16.5. The highest BCUT2D eigenvalue weighted by Gasteiger charge is 2.70. The fraction of sp³-hybridized carbons (Fsp3) is 0.484. The normalized spacial score (nSPS) is 27.8. The van der Waals surface area contributed by atoms with E-state index in [9.17, 15) is 30.0 Å². The minimum absolute atomic E-state index is 0.00516. The molecule has 1 spiro atoms. The Morgan fingerprint density at radius 1 is 0.816 bits per heavy atom. The van der Waals surface area contributed by atoms with Gasteiger partial charge in [-0.1, -0.05) is 81.5 Å². The van der Waals surface area contributed by atoms with Crippen LogP contribution in [0.15, 0.2) is 66.8 Å². The lowest BCUT2D eigenvalue weighted by Gasteiger charge is -2.68. The molecule has 3 aliphatic heterocycles. The lowest BCUT2D eigenvalue weighted by atomic mass is 9.37. The predicted molar refractivity (Wildman–Crippen MR) is 287 cm³/mol. The number of aliphatic hydroxyl groups is 3. The summed E-state index contributed by atoms with van der Waals surface area (Å²) in [5.74, 6) is 0.0377. The Morgan fingerprint density at radius 2 is 1.53 bits per heavy atom. The molecular formula is C62H69N3O11. The second-order valence-electron chi connectivity index (χ2n) is 23.0. The summed E-state index contributed by atoms with van der Waals surface area (Å²) in [5, 5.41) is 55.0. The third kappa shape index (κ3) is 7.04. The number of methoxy groups -OCH3 is 2. The molecule has 3 fully saturated rings. The van der Waals surface area contributed by atoms with Crippen molar-refractivity contribution >= 4 is 29.7 Å². The van der Waals surface area contributed by atoms with Crippen LogP contribution in [-0.4, -0.2) is 90.0 Å². The van der Waals surface area contributed by atoms with Crippen LogP contribution in [0.25, 0.3) is 23.3 Å². The molecule has 9 aliphatic rings. The maximum atomic E-state index is 14.1. The van der Waals surface area contributed by atoms with E-state index in [4.69, 9.17) is 23.7 Å². The van der Waals surface area contributed by atoms with Gasteiger partial charge in [-0.3, -0.25) is 19.8 Å². The second-order valence-corrected chi connectivity index (χ2v) is 23.0. The standard InChI is InChI=1S/C62H69N3O11/c1-4-63-33-76-46-28-44(72-2)39-16-17-40-51-43(64-59(71)54(46)53(39)51)27-45-52(40)56(69)41(32-75-45)36-25-47(73-3)57(70)48(26-36)74-31-38(30-66)62-37-15-13-34-11-10-12-35(55(34)62)14-18-42(62)58(60(29-37)21-8-9-22-60)61(23-6-5-7-24-61)65-49(67)19-20-50(65)68/h10-15,18-20,25-28,37-38,41-42,56,58-59,63-64,66,69-71H,4-9,16-17,21-24,29-33H2,1-3H3. The average molecular weight is 1030 g/mol. The molecule has 13 rings (SSSR count). The van der Waals surface area contributed by atoms with E-state index in [-0.39, 0.29) is 78.8 Å². The van der Waals surface area contributed by atoms with Gasteiger partial charge in [0.05, 0.1) is 51.2 Å². The molecule has 4 aromatic rings. The Morgan fingerprint density at radius 3 is 2.25 bits per heavy atom. The summed E-state index contributed by atoms with van der Waals surface area (Å²) >= 11 is 0. The van der Waals surface area contributed by atoms with Crippen LogP contribution in [0.2, 0.25) is 0 Å². The number of benzene rings is 4. The first-order valence-electron chi connectivity index (χ1n) is 27.8. The quantitative estimate of drug-likeness (QED) is 0.0399. The maximum absolute atomic E-state index is 14.1. The number of nitrogens with zero attached hydrogens (tertiary/aromatic N) is 1. The molecule has 3 saturated carbocycles. The molecule has 0 bridgehead atoms. The van der Waals surface area contributed by atoms with E-state index < -0.39 is 35.1 Å². The molecule has 8 atom stereocenters. The zero-order chi connectivity index (χ0) is 52.3. The van der Waals surface area contributed by atoms with Crippen LogP contribution in [0.5, 0.6) is 34.5 Å². The van der Waals surface area contributed by atoms with Crippen molar-refractivity contribution in [2.24, 2.45) is 29.1 Å². The molecule has 6 N–H and O–H groups in total. The molecule has 2 amide bonds. The van der Waals surface area contributed by atoms with Crippen molar-refractivity contribution < 1.29 is 53.7 Å². The second kappa shape index (κ2) is 18.7. The van der Waals surface area contributed by atoms with E-state index in [1.807, 2.05) is 19.1 Å². The molecule has 0 aromatic heterocycles. The first-order chi connectivity index (χ1) is 37.0. The number of fused-ring (bicyclic) bond motifs is 2. The molecular weight excluding hydrogens is 963 g/mol. The summed E-state index contributed by atoms with van der Waals surface area (Å²) < 4.78 is 31.5. The number of nitrogens with one attached hydrogen (secondary N) is 2. The van der Waals surface area contributed by atoms with Crippen molar-refractivity contribution in [3.8, 4) is 45.6 Å². The Kier molecular flexibility index (Phi) is 12.1. The zero-order valence-corrected chi connectivity index (χ0v) is 43.7. The van der Waals surface area contributed by atoms with Crippen LogP contribution in [0.3, 0.4) is 0 Å². The number of imide groups is 1. The number of anilines is 1. The minimum atomic E-state index is -1.06. The number of allylic oxidation sites excluding steroid dienone is 2. The van der Waals surface area contributed by atoms with Crippen LogP contribution in [0.1, 0.15) is 134 Å². The smallest absolute Gasteiger partial charge is 0.254 e. The van der Waals surface area contributed by atoms with E-state index in [1.54, 1.807) is 24.1 Å². The highest BCUT2D eigenvalue weighted by molar-refractivity contribution is 6.13. The number of phenols is 1. The van der Waals surface area contributed by atoms with Gasteiger partial charge in [0, 0.05) is 69.5 Å². The number of aromatic hydroxyl groups is 1. The number of ether oxygens (including phenoxy) is 5. The van der Waals surface area contributed by atoms with Gasteiger partial charge in [0.15, 0.2) is 17.7 Å². The SMILES string of the molecule is CCNCOc1cc(OC)c2c3c1C(O)Nc1cc4c(c(c1-3)CC2)C(O)C(c1cc(OC)c(O)c(OCC(CO)C23c5c6cccc5C=CC2C(C2(N5C(=O)C=CC5=O)CCCCC2)C2(CCCC2)CC3C=C6)c1)CO4. The molecule has 398 valence electrons. The molecule has 6 aliphatic carbocycles. The van der Waals surface area contributed by atoms with E-state index in [0.717, 1.165) is 97.6 Å². The number of aliphatic hydroxyl groups excluding tert-OH is 3. The van der Waals surface area contributed by atoms with Gasteiger partial charge in [0.2, 0.25) is 5.75 Å². The fourth-order valence-corrected chi connectivity index (χ4v) is 16.9. The Bertz CT molecular complexity index is 3110. The number of hydrogen-bond donors (Lipinski definition) is 6. The monoisotopic (exact) mass is 1030 g/mol. The lowest BCUT2D eigenvalue weighted by Crippen LogP contribution is -2.70. The fourth-order valence-electron chi connectivity index (χ4n) is 16.9. The lowest BCUT2D eigenvalue weighted by molar-refractivity contribution is -0.168. The van der Waals surface area contributed by atoms with E-state index in [2.05, 4.69) is 53.1 Å². The van der Waals surface area contributed by atoms with Crippen LogP contribution in [-0.2, 0) is 27.8 Å². The van der Waals surface area contributed by atoms with Gasteiger partial charge in [0.1, 0.15) is 24.0 Å². The van der Waals surface area contributed by atoms with Crippen molar-refractivity contribution in [2.75, 3.05) is 52.6 Å². The summed E-state index contributed by atoms with van der Waals surface area (Å²) in [6.07, 6.45) is 20.7. The molecule has 14 heteroatoms. The average Bonchev–Trinajstić information content (AvgIpc) is 4.19. The van der Waals surface area contributed by atoms with Crippen molar-refractivity contribution in [1.82, 2.24) is 10.2 Å². The van der Waals surface area contributed by atoms with Gasteiger partial charge in [-0.05, 0) is 115 Å². The Hall–Kier alpha value is -6.32. The summed E-state index contributed by atoms with van der Waals surface area (Å²) in [7, 11) is 3.13. The molecule has 76 heavy (non-hydrogen) atoms. The minimum Gasteiger partial charge on any atom is -0.502 e. The number of hydrogen-bond acceptors (Lipinski definition) is 13.